The van der Waals surface area contributed by atoms with Crippen LogP contribution in [0, 0.1) is 16.0 Å². The molecule has 0 aliphatic carbocycles. The van der Waals surface area contributed by atoms with Crippen molar-refractivity contribution in [2.75, 3.05) is 31.7 Å². The summed E-state index contributed by atoms with van der Waals surface area (Å²) in [6.45, 7) is 2.52. The molecule has 0 saturated carbocycles. The van der Waals surface area contributed by atoms with Gasteiger partial charge in [-0.3, -0.25) is 0 Å². The van der Waals surface area contributed by atoms with Crippen molar-refractivity contribution in [1.82, 2.24) is 4.98 Å². The van der Waals surface area contributed by atoms with E-state index in [4.69, 9.17) is 4.74 Å². The summed E-state index contributed by atoms with van der Waals surface area (Å²) in [7, 11) is 1.96. The molecule has 1 saturated heterocycles. The molecule has 6 heteroatoms. The Morgan fingerprint density at radius 2 is 2.47 bits per heavy atom. The summed E-state index contributed by atoms with van der Waals surface area (Å²) in [6, 6.07) is 3.15. The molecule has 2 rings (SSSR count). The van der Waals surface area contributed by atoms with Crippen molar-refractivity contribution >= 4 is 11.5 Å². The summed E-state index contributed by atoms with van der Waals surface area (Å²) >= 11 is 0. The van der Waals surface area contributed by atoms with E-state index >= 15 is 0 Å². The first-order valence-electron chi connectivity index (χ1n) is 5.56. The topological polar surface area (TPSA) is 68.5 Å². The Balaban J connectivity index is 1.98. The van der Waals surface area contributed by atoms with Crippen molar-refractivity contribution in [3.8, 4) is 0 Å². The summed E-state index contributed by atoms with van der Waals surface area (Å²) in [4.78, 5) is 15.8. The zero-order valence-corrected chi connectivity index (χ0v) is 9.70. The number of pyridine rings is 1. The quantitative estimate of drug-likeness (QED) is 0.585. The summed E-state index contributed by atoms with van der Waals surface area (Å²) in [5.74, 6) is 0.418. The fourth-order valence-corrected chi connectivity index (χ4v) is 1.93. The molecule has 2 heterocycles. The third kappa shape index (κ3) is 2.91. The fourth-order valence-electron chi connectivity index (χ4n) is 1.93. The van der Waals surface area contributed by atoms with Gasteiger partial charge in [-0.25, -0.2) is 0 Å². The lowest BCUT2D eigenvalue weighted by Gasteiger charge is -2.20. The van der Waals surface area contributed by atoms with Crippen molar-refractivity contribution in [2.24, 2.45) is 5.92 Å². The highest BCUT2D eigenvalue weighted by atomic mass is 16.6. The first kappa shape index (κ1) is 11.8. The lowest BCUT2D eigenvalue weighted by molar-refractivity contribution is -0.389. The van der Waals surface area contributed by atoms with E-state index in [1.165, 1.54) is 12.3 Å². The standard InChI is InChI=1S/C11H15N3O3/c1-13(7-9-4-5-17-8-9)10-2-3-11(12-6-10)14(15)16/h2-3,6,9H,4-5,7-8H2,1H3/t9-/m1/s1. The van der Waals surface area contributed by atoms with Crippen molar-refractivity contribution in [1.29, 1.82) is 0 Å². The van der Waals surface area contributed by atoms with Crippen LogP contribution in [0.2, 0.25) is 0 Å². The monoisotopic (exact) mass is 237 g/mol. The molecule has 0 radical (unpaired) electrons. The van der Waals surface area contributed by atoms with Crippen LogP contribution in [0.1, 0.15) is 6.42 Å². The van der Waals surface area contributed by atoms with Gasteiger partial charge in [0.05, 0.1) is 12.3 Å². The van der Waals surface area contributed by atoms with Crippen molar-refractivity contribution in [2.45, 2.75) is 6.42 Å². The Morgan fingerprint density at radius 1 is 1.65 bits per heavy atom. The molecule has 1 aromatic heterocycles. The van der Waals surface area contributed by atoms with Crippen LogP contribution in [0.3, 0.4) is 0 Å². The summed E-state index contributed by atoms with van der Waals surface area (Å²) in [5, 5.41) is 10.5. The van der Waals surface area contributed by atoms with Gasteiger partial charge in [0.25, 0.3) is 0 Å². The molecule has 0 spiro atoms. The maximum absolute atomic E-state index is 10.5. The third-order valence-corrected chi connectivity index (χ3v) is 2.92. The predicted octanol–water partition coefficient (Wildman–Crippen LogP) is 1.46. The molecule has 1 aliphatic rings. The Hall–Kier alpha value is -1.69. The van der Waals surface area contributed by atoms with Gasteiger partial charge < -0.3 is 19.8 Å². The van der Waals surface area contributed by atoms with Gasteiger partial charge in [0.15, 0.2) is 6.20 Å². The van der Waals surface area contributed by atoms with Crippen LogP contribution in [0.5, 0.6) is 0 Å². The van der Waals surface area contributed by atoms with Crippen molar-refractivity contribution < 1.29 is 9.66 Å². The van der Waals surface area contributed by atoms with Crippen LogP contribution in [0.15, 0.2) is 18.3 Å². The van der Waals surface area contributed by atoms with Crippen molar-refractivity contribution in [3.63, 3.8) is 0 Å². The molecule has 1 aliphatic heterocycles. The van der Waals surface area contributed by atoms with E-state index in [0.29, 0.717) is 5.92 Å². The summed E-state index contributed by atoms with van der Waals surface area (Å²) < 4.78 is 5.31. The van der Waals surface area contributed by atoms with E-state index in [9.17, 15) is 10.1 Å². The van der Waals surface area contributed by atoms with E-state index in [1.54, 1.807) is 6.07 Å². The third-order valence-electron chi connectivity index (χ3n) is 2.92. The lowest BCUT2D eigenvalue weighted by Crippen LogP contribution is -2.25. The second-order valence-electron chi connectivity index (χ2n) is 4.24. The summed E-state index contributed by atoms with van der Waals surface area (Å²) in [6.07, 6.45) is 2.61. The number of hydrogen-bond donors (Lipinski definition) is 0. The average molecular weight is 237 g/mol. The number of ether oxygens (including phenoxy) is 1. The van der Waals surface area contributed by atoms with Crippen LogP contribution >= 0.6 is 0 Å². The SMILES string of the molecule is CN(C[C@H]1CCOC1)c1ccc([N+](=O)[O-])nc1. The predicted molar refractivity (Wildman–Crippen MR) is 63.1 cm³/mol. The highest BCUT2D eigenvalue weighted by Crippen LogP contribution is 2.19. The lowest BCUT2D eigenvalue weighted by atomic mass is 10.1. The largest absolute Gasteiger partial charge is 0.381 e. The minimum atomic E-state index is -0.491. The highest BCUT2D eigenvalue weighted by Gasteiger charge is 2.18. The fraction of sp³-hybridized carbons (Fsp3) is 0.545. The van der Waals surface area contributed by atoms with Gasteiger partial charge >= 0.3 is 5.82 Å². The molecule has 17 heavy (non-hydrogen) atoms. The molecule has 1 atom stereocenters. The van der Waals surface area contributed by atoms with Crippen LogP contribution in [0.25, 0.3) is 0 Å². The molecule has 0 unspecified atom stereocenters. The highest BCUT2D eigenvalue weighted by molar-refractivity contribution is 5.45. The zero-order valence-electron chi connectivity index (χ0n) is 9.70. The van der Waals surface area contributed by atoms with Gasteiger partial charge in [-0.1, -0.05) is 0 Å². The molecule has 0 bridgehead atoms. The molecule has 1 fully saturated rings. The molecule has 0 aromatic carbocycles. The van der Waals surface area contributed by atoms with Gasteiger partial charge in [-0.15, -0.1) is 0 Å². The molecule has 92 valence electrons. The van der Waals surface area contributed by atoms with Crippen LogP contribution in [-0.4, -0.2) is 36.7 Å². The maximum atomic E-state index is 10.5. The van der Waals surface area contributed by atoms with E-state index in [1.807, 2.05) is 7.05 Å². The molecule has 0 N–H and O–H groups in total. The van der Waals surface area contributed by atoms with E-state index < -0.39 is 4.92 Å². The van der Waals surface area contributed by atoms with Crippen LogP contribution in [0.4, 0.5) is 11.5 Å². The number of aromatic nitrogens is 1. The Labute approximate surface area is 99.4 Å². The molecule has 6 nitrogen and oxygen atoms in total. The summed E-state index contributed by atoms with van der Waals surface area (Å²) in [5.41, 5.74) is 0.891. The number of nitrogens with zero attached hydrogens (tertiary/aromatic N) is 3. The van der Waals surface area contributed by atoms with Gasteiger partial charge in [0, 0.05) is 32.2 Å². The molecular weight excluding hydrogens is 222 g/mol. The first-order chi connectivity index (χ1) is 8.16. The van der Waals surface area contributed by atoms with Gasteiger partial charge in [-0.05, 0) is 22.4 Å². The van der Waals surface area contributed by atoms with Gasteiger partial charge in [0.2, 0.25) is 0 Å². The molecular formula is C11H15N3O3. The second kappa shape index (κ2) is 5.09. The van der Waals surface area contributed by atoms with Gasteiger partial charge in [-0.2, -0.15) is 0 Å². The number of nitro groups is 1. The van der Waals surface area contributed by atoms with Crippen LogP contribution < -0.4 is 4.90 Å². The average Bonchev–Trinajstić information content (AvgIpc) is 2.82. The number of hydrogen-bond acceptors (Lipinski definition) is 5. The Kier molecular flexibility index (Phi) is 3.53. The van der Waals surface area contributed by atoms with E-state index in [0.717, 1.165) is 31.9 Å². The number of anilines is 1. The van der Waals surface area contributed by atoms with Crippen molar-refractivity contribution in [3.05, 3.63) is 28.4 Å². The minimum absolute atomic E-state index is 0.119. The van der Waals surface area contributed by atoms with E-state index in [2.05, 4.69) is 9.88 Å². The zero-order chi connectivity index (χ0) is 12.3. The molecule has 0 amide bonds. The normalized spacial score (nSPS) is 19.2. The number of rotatable bonds is 4. The minimum Gasteiger partial charge on any atom is -0.381 e. The Morgan fingerprint density at radius 3 is 3.00 bits per heavy atom. The first-order valence-corrected chi connectivity index (χ1v) is 5.56. The van der Waals surface area contributed by atoms with E-state index in [-0.39, 0.29) is 5.82 Å². The Bertz CT molecular complexity index is 387. The molecule has 1 aromatic rings. The van der Waals surface area contributed by atoms with Gasteiger partial charge in [0.1, 0.15) is 0 Å². The smallest absolute Gasteiger partial charge is 0.363 e. The maximum Gasteiger partial charge on any atom is 0.363 e. The van der Waals surface area contributed by atoms with Crippen LogP contribution in [-0.2, 0) is 4.74 Å². The second-order valence-corrected chi connectivity index (χ2v) is 4.24.